The molecule has 0 bridgehead atoms. The van der Waals surface area contributed by atoms with Crippen molar-refractivity contribution in [1.82, 2.24) is 19.9 Å². The van der Waals surface area contributed by atoms with Crippen molar-refractivity contribution < 1.29 is 9.47 Å². The summed E-state index contributed by atoms with van der Waals surface area (Å²) in [5, 5.41) is 3.60. The summed E-state index contributed by atoms with van der Waals surface area (Å²) in [5.74, 6) is 2.36. The first-order chi connectivity index (χ1) is 13.8. The zero-order valence-corrected chi connectivity index (χ0v) is 16.4. The van der Waals surface area contributed by atoms with Gasteiger partial charge in [-0.15, -0.1) is 0 Å². The molecular weight excluding hydrogens is 356 g/mol. The molecular formula is C20H28N6O2. The smallest absolute Gasteiger partial charge is 0.227 e. The Labute approximate surface area is 165 Å². The summed E-state index contributed by atoms with van der Waals surface area (Å²) >= 11 is 0. The molecule has 2 aromatic heterocycles. The molecule has 0 unspecified atom stereocenters. The van der Waals surface area contributed by atoms with Gasteiger partial charge in [0.25, 0.3) is 0 Å². The summed E-state index contributed by atoms with van der Waals surface area (Å²) in [7, 11) is 1.64. The number of pyridine rings is 1. The Morgan fingerprint density at radius 3 is 2.64 bits per heavy atom. The Kier molecular flexibility index (Phi) is 6.18. The standard InChI is InChI=1S/C20H28N6O2/c1-27-19-3-2-16(14-22-19)15-25-8-5-17(6-9-25)23-18-4-7-21-20(24-18)26-10-12-28-13-11-26/h2-4,7,14,17H,5-6,8-13,15H2,1H3,(H,21,23,24). The number of piperidine rings is 1. The highest BCUT2D eigenvalue weighted by Gasteiger charge is 2.20. The van der Waals surface area contributed by atoms with Crippen molar-refractivity contribution in [1.29, 1.82) is 0 Å². The van der Waals surface area contributed by atoms with Gasteiger partial charge < -0.3 is 19.7 Å². The van der Waals surface area contributed by atoms with Gasteiger partial charge in [0.1, 0.15) is 5.82 Å². The van der Waals surface area contributed by atoms with Gasteiger partial charge in [0, 0.05) is 57.2 Å². The van der Waals surface area contributed by atoms with E-state index in [2.05, 4.69) is 31.2 Å². The van der Waals surface area contributed by atoms with E-state index in [9.17, 15) is 0 Å². The number of rotatable bonds is 6. The van der Waals surface area contributed by atoms with E-state index >= 15 is 0 Å². The molecule has 0 atom stereocenters. The molecule has 1 N–H and O–H groups in total. The maximum Gasteiger partial charge on any atom is 0.227 e. The number of nitrogens with zero attached hydrogens (tertiary/aromatic N) is 5. The van der Waals surface area contributed by atoms with E-state index < -0.39 is 0 Å². The number of nitrogens with one attached hydrogen (secondary N) is 1. The number of anilines is 2. The number of hydrogen-bond donors (Lipinski definition) is 1. The number of likely N-dealkylation sites (tertiary alicyclic amines) is 1. The summed E-state index contributed by atoms with van der Waals surface area (Å²) in [6, 6.07) is 6.41. The van der Waals surface area contributed by atoms with Crippen LogP contribution in [0, 0.1) is 0 Å². The highest BCUT2D eigenvalue weighted by molar-refractivity contribution is 5.42. The van der Waals surface area contributed by atoms with Gasteiger partial charge >= 0.3 is 0 Å². The van der Waals surface area contributed by atoms with E-state index in [1.54, 1.807) is 7.11 Å². The fourth-order valence-corrected chi connectivity index (χ4v) is 3.67. The molecule has 8 heteroatoms. The fraction of sp³-hybridized carbons (Fsp3) is 0.550. The van der Waals surface area contributed by atoms with Crippen LogP contribution in [0.2, 0.25) is 0 Å². The summed E-state index contributed by atoms with van der Waals surface area (Å²) in [6.45, 7) is 6.23. The molecule has 0 radical (unpaired) electrons. The number of morpholine rings is 1. The van der Waals surface area contributed by atoms with Gasteiger partial charge in [-0.3, -0.25) is 4.90 Å². The lowest BCUT2D eigenvalue weighted by atomic mass is 10.0. The highest BCUT2D eigenvalue weighted by Crippen LogP contribution is 2.19. The van der Waals surface area contributed by atoms with Crippen LogP contribution in [0.1, 0.15) is 18.4 Å². The molecule has 2 fully saturated rings. The van der Waals surface area contributed by atoms with E-state index in [-0.39, 0.29) is 0 Å². The minimum atomic E-state index is 0.442. The number of aromatic nitrogens is 3. The van der Waals surface area contributed by atoms with Crippen LogP contribution in [0.5, 0.6) is 5.88 Å². The van der Waals surface area contributed by atoms with Crippen molar-refractivity contribution in [3.63, 3.8) is 0 Å². The van der Waals surface area contributed by atoms with E-state index in [0.717, 1.165) is 70.5 Å². The summed E-state index contributed by atoms with van der Waals surface area (Å²) in [5.41, 5.74) is 1.22. The Hall–Kier alpha value is -2.45. The first-order valence-corrected chi connectivity index (χ1v) is 9.94. The first-order valence-electron chi connectivity index (χ1n) is 9.94. The largest absolute Gasteiger partial charge is 0.481 e. The number of methoxy groups -OCH3 is 1. The Balaban J connectivity index is 1.27. The van der Waals surface area contributed by atoms with Crippen LogP contribution in [-0.4, -0.2) is 72.4 Å². The zero-order valence-electron chi connectivity index (χ0n) is 16.4. The van der Waals surface area contributed by atoms with E-state index in [0.29, 0.717) is 11.9 Å². The molecule has 8 nitrogen and oxygen atoms in total. The van der Waals surface area contributed by atoms with Crippen LogP contribution in [0.25, 0.3) is 0 Å². The van der Waals surface area contributed by atoms with E-state index in [1.165, 1.54) is 5.56 Å². The molecule has 2 aromatic rings. The second-order valence-corrected chi connectivity index (χ2v) is 7.24. The third-order valence-corrected chi connectivity index (χ3v) is 5.29. The third kappa shape index (κ3) is 4.88. The van der Waals surface area contributed by atoms with Crippen LogP contribution in [-0.2, 0) is 11.3 Å². The van der Waals surface area contributed by atoms with E-state index in [1.807, 2.05) is 24.5 Å². The lowest BCUT2D eigenvalue weighted by molar-refractivity contribution is 0.122. The van der Waals surface area contributed by atoms with Gasteiger partial charge in [-0.25, -0.2) is 9.97 Å². The van der Waals surface area contributed by atoms with Gasteiger partial charge in [-0.2, -0.15) is 4.98 Å². The Morgan fingerprint density at radius 1 is 1.11 bits per heavy atom. The predicted octanol–water partition coefficient (Wildman–Crippen LogP) is 1.79. The van der Waals surface area contributed by atoms with Crippen molar-refractivity contribution in [3.05, 3.63) is 36.2 Å². The van der Waals surface area contributed by atoms with Crippen LogP contribution < -0.4 is 15.0 Å². The zero-order chi connectivity index (χ0) is 19.2. The van der Waals surface area contributed by atoms with Crippen LogP contribution in [0.15, 0.2) is 30.6 Å². The van der Waals surface area contributed by atoms with Crippen molar-refractivity contribution >= 4 is 11.8 Å². The van der Waals surface area contributed by atoms with E-state index in [4.69, 9.17) is 14.5 Å². The maximum atomic E-state index is 5.41. The Morgan fingerprint density at radius 2 is 1.93 bits per heavy atom. The Bertz CT molecular complexity index is 743. The SMILES string of the molecule is COc1ccc(CN2CCC(Nc3ccnc(N4CCOCC4)n3)CC2)cn1. The van der Waals surface area contributed by atoms with Crippen molar-refractivity contribution in [2.75, 3.05) is 56.7 Å². The van der Waals surface area contributed by atoms with Crippen LogP contribution >= 0.6 is 0 Å². The van der Waals surface area contributed by atoms with Gasteiger partial charge in [-0.1, -0.05) is 6.07 Å². The predicted molar refractivity (Wildman–Crippen MR) is 108 cm³/mol. The molecule has 2 aliphatic rings. The van der Waals surface area contributed by atoms with Gasteiger partial charge in [0.2, 0.25) is 11.8 Å². The average molecular weight is 384 g/mol. The normalized spacial score (nSPS) is 18.8. The van der Waals surface area contributed by atoms with Gasteiger partial charge in [0.05, 0.1) is 20.3 Å². The molecule has 0 spiro atoms. The maximum absolute atomic E-state index is 5.41. The molecule has 0 aromatic carbocycles. The second kappa shape index (κ2) is 9.16. The molecule has 2 aliphatic heterocycles. The lowest BCUT2D eigenvalue weighted by Gasteiger charge is -2.33. The summed E-state index contributed by atoms with van der Waals surface area (Å²) in [4.78, 5) is 18.1. The van der Waals surface area contributed by atoms with Crippen molar-refractivity contribution in [3.8, 4) is 5.88 Å². The second-order valence-electron chi connectivity index (χ2n) is 7.24. The molecule has 0 saturated carbocycles. The molecule has 2 saturated heterocycles. The minimum Gasteiger partial charge on any atom is -0.481 e. The number of hydrogen-bond acceptors (Lipinski definition) is 8. The third-order valence-electron chi connectivity index (χ3n) is 5.29. The van der Waals surface area contributed by atoms with Gasteiger partial charge in [0.15, 0.2) is 0 Å². The highest BCUT2D eigenvalue weighted by atomic mass is 16.5. The molecule has 28 heavy (non-hydrogen) atoms. The lowest BCUT2D eigenvalue weighted by Crippen LogP contribution is -2.39. The first kappa shape index (κ1) is 18.9. The quantitative estimate of drug-likeness (QED) is 0.808. The van der Waals surface area contributed by atoms with Crippen molar-refractivity contribution in [2.24, 2.45) is 0 Å². The van der Waals surface area contributed by atoms with Crippen molar-refractivity contribution in [2.45, 2.75) is 25.4 Å². The number of ether oxygens (including phenoxy) is 2. The molecule has 0 aliphatic carbocycles. The molecule has 150 valence electrons. The average Bonchev–Trinajstić information content (AvgIpc) is 2.76. The molecule has 4 rings (SSSR count). The van der Waals surface area contributed by atoms with Crippen LogP contribution in [0.4, 0.5) is 11.8 Å². The van der Waals surface area contributed by atoms with Gasteiger partial charge in [-0.05, 0) is 24.5 Å². The summed E-state index contributed by atoms with van der Waals surface area (Å²) in [6.07, 6.45) is 5.93. The molecule has 4 heterocycles. The van der Waals surface area contributed by atoms with Crippen LogP contribution in [0.3, 0.4) is 0 Å². The summed E-state index contributed by atoms with van der Waals surface area (Å²) < 4.78 is 10.5. The fourth-order valence-electron chi connectivity index (χ4n) is 3.67. The topological polar surface area (TPSA) is 75.6 Å². The minimum absolute atomic E-state index is 0.442. The monoisotopic (exact) mass is 384 g/mol. The molecule has 0 amide bonds.